The van der Waals surface area contributed by atoms with Crippen LogP contribution in [0.3, 0.4) is 0 Å². The average molecular weight is 448 g/mol. The van der Waals surface area contributed by atoms with Gasteiger partial charge in [-0.15, -0.1) is 0 Å². The monoisotopic (exact) mass is 447 g/mol. The minimum atomic E-state index is -1.01. The first-order chi connectivity index (χ1) is 13.5. The molecule has 3 heterocycles. The lowest BCUT2D eigenvalue weighted by Crippen LogP contribution is -2.41. The van der Waals surface area contributed by atoms with Gasteiger partial charge in [0.2, 0.25) is 5.89 Å². The molecule has 8 nitrogen and oxygen atoms in total. The summed E-state index contributed by atoms with van der Waals surface area (Å²) in [6.45, 7) is 2.66. The van der Waals surface area contributed by atoms with Gasteiger partial charge in [0, 0.05) is 22.4 Å². The van der Waals surface area contributed by atoms with E-state index in [0.717, 1.165) is 33.8 Å². The van der Waals surface area contributed by atoms with Crippen molar-refractivity contribution in [2.24, 2.45) is 0 Å². The van der Waals surface area contributed by atoms with Gasteiger partial charge in [0.05, 0.1) is 18.7 Å². The van der Waals surface area contributed by atoms with Crippen molar-refractivity contribution in [3.8, 4) is 0 Å². The van der Waals surface area contributed by atoms with E-state index >= 15 is 0 Å². The van der Waals surface area contributed by atoms with E-state index in [2.05, 4.69) is 20.9 Å². The van der Waals surface area contributed by atoms with Crippen LogP contribution in [0.15, 0.2) is 25.8 Å². The molecule has 1 aliphatic heterocycles. The van der Waals surface area contributed by atoms with Crippen molar-refractivity contribution in [2.45, 2.75) is 31.9 Å². The van der Waals surface area contributed by atoms with Gasteiger partial charge >= 0.3 is 6.09 Å². The van der Waals surface area contributed by atoms with Crippen LogP contribution >= 0.6 is 15.9 Å². The Bertz CT molecular complexity index is 1180. The van der Waals surface area contributed by atoms with E-state index in [1.54, 1.807) is 0 Å². The number of ether oxygens (including phenoxy) is 1. The van der Waals surface area contributed by atoms with Gasteiger partial charge in [-0.1, -0.05) is 15.9 Å². The zero-order valence-electron chi connectivity index (χ0n) is 15.1. The second-order valence-corrected chi connectivity index (χ2v) is 8.15. The molecular formula is C19H18BrN3O5. The first kappa shape index (κ1) is 17.7. The molecule has 1 N–H and O–H groups in total. The Labute approximate surface area is 167 Å². The zero-order chi connectivity index (χ0) is 19.6. The highest BCUT2D eigenvalue weighted by atomic mass is 79.9. The molecule has 1 atom stereocenters. The van der Waals surface area contributed by atoms with Crippen LogP contribution in [-0.4, -0.2) is 45.3 Å². The number of hydrogen-bond donors (Lipinski definition) is 1. The van der Waals surface area contributed by atoms with Gasteiger partial charge in [-0.2, -0.15) is 0 Å². The molecular weight excluding hydrogens is 430 g/mol. The summed E-state index contributed by atoms with van der Waals surface area (Å²) < 4.78 is 14.4. The number of benzene rings is 1. The topological polar surface area (TPSA) is 97.8 Å². The molecule has 1 saturated carbocycles. The van der Waals surface area contributed by atoms with Crippen molar-refractivity contribution in [3.63, 3.8) is 0 Å². The highest BCUT2D eigenvalue weighted by Crippen LogP contribution is 2.40. The fourth-order valence-electron chi connectivity index (χ4n) is 3.84. The van der Waals surface area contributed by atoms with Crippen LogP contribution < -0.4 is 5.56 Å². The van der Waals surface area contributed by atoms with E-state index in [1.807, 2.05) is 23.6 Å². The number of oxazole rings is 1. The Morgan fingerprint density at radius 1 is 1.36 bits per heavy atom. The Hall–Kier alpha value is -2.39. The molecule has 0 unspecified atom stereocenters. The lowest BCUT2D eigenvalue weighted by Gasteiger charge is -2.29. The van der Waals surface area contributed by atoms with Crippen molar-refractivity contribution in [2.75, 3.05) is 19.7 Å². The summed E-state index contributed by atoms with van der Waals surface area (Å²) in [5.41, 5.74) is 2.36. The highest BCUT2D eigenvalue weighted by molar-refractivity contribution is 9.10. The van der Waals surface area contributed by atoms with Crippen LogP contribution in [0.25, 0.3) is 22.0 Å². The van der Waals surface area contributed by atoms with Crippen LogP contribution in [0.4, 0.5) is 4.79 Å². The van der Waals surface area contributed by atoms with E-state index < -0.39 is 12.2 Å². The van der Waals surface area contributed by atoms with Gasteiger partial charge < -0.3 is 23.7 Å². The second-order valence-electron chi connectivity index (χ2n) is 7.29. The zero-order valence-corrected chi connectivity index (χ0v) is 16.7. The van der Waals surface area contributed by atoms with Crippen molar-refractivity contribution in [3.05, 3.63) is 38.4 Å². The number of amides is 1. The minimum Gasteiger partial charge on any atom is -0.465 e. The maximum absolute atomic E-state index is 13.2. The molecule has 2 fully saturated rings. The van der Waals surface area contributed by atoms with Crippen LogP contribution in [0.1, 0.15) is 36.4 Å². The number of carbonyl (C=O) groups is 1. The third-order valence-electron chi connectivity index (χ3n) is 5.44. The quantitative estimate of drug-likeness (QED) is 0.644. The number of aromatic nitrogens is 2. The predicted octanol–water partition coefficient (Wildman–Crippen LogP) is 3.60. The molecule has 2 aliphatic rings. The van der Waals surface area contributed by atoms with Crippen LogP contribution in [0.5, 0.6) is 0 Å². The molecule has 3 aromatic rings. The first-order valence-corrected chi connectivity index (χ1v) is 9.98. The molecule has 0 bridgehead atoms. The summed E-state index contributed by atoms with van der Waals surface area (Å²) in [5, 5.41) is 10.1. The number of halogens is 1. The standard InChI is InChI=1S/C19H18BrN3O5/c1-9-12(20)5-4-11-15(9)23(10-2-3-10)18(24)14-16(11)28-17(21-14)13-8-22(19(25)26)6-7-27-13/h4-5,10,13H,2-3,6-8H2,1H3,(H,25,26)/t13-/m0/s1. The van der Waals surface area contributed by atoms with Crippen molar-refractivity contribution in [1.29, 1.82) is 0 Å². The highest BCUT2D eigenvalue weighted by Gasteiger charge is 2.32. The van der Waals surface area contributed by atoms with Gasteiger partial charge in [0.25, 0.3) is 5.56 Å². The summed E-state index contributed by atoms with van der Waals surface area (Å²) in [5.74, 6) is 0.244. The molecule has 5 rings (SSSR count). The lowest BCUT2D eigenvalue weighted by molar-refractivity contribution is -0.0348. The molecule has 1 saturated heterocycles. The molecule has 146 valence electrons. The SMILES string of the molecule is Cc1c(Br)ccc2c3oc([C@@H]4CN(C(=O)O)CCO4)nc3c(=O)n(C3CC3)c12. The maximum atomic E-state index is 13.2. The maximum Gasteiger partial charge on any atom is 0.407 e. The molecule has 2 aromatic heterocycles. The summed E-state index contributed by atoms with van der Waals surface area (Å²) in [4.78, 5) is 30.2. The number of nitrogens with zero attached hydrogens (tertiary/aromatic N) is 3. The smallest absolute Gasteiger partial charge is 0.407 e. The predicted molar refractivity (Wildman–Crippen MR) is 105 cm³/mol. The average Bonchev–Trinajstić information content (AvgIpc) is 3.42. The van der Waals surface area contributed by atoms with Crippen LogP contribution in [0.2, 0.25) is 0 Å². The summed E-state index contributed by atoms with van der Waals surface area (Å²) in [6.07, 6.45) is 0.302. The van der Waals surface area contributed by atoms with Crippen LogP contribution in [0, 0.1) is 6.92 Å². The molecule has 1 amide bonds. The molecule has 1 aliphatic carbocycles. The fraction of sp³-hybridized carbons (Fsp3) is 0.421. The third-order valence-corrected chi connectivity index (χ3v) is 6.30. The van der Waals surface area contributed by atoms with Crippen molar-refractivity contribution in [1.82, 2.24) is 14.5 Å². The first-order valence-electron chi connectivity index (χ1n) is 9.19. The molecule has 9 heteroatoms. The van der Waals surface area contributed by atoms with E-state index in [1.165, 1.54) is 4.90 Å². The molecule has 28 heavy (non-hydrogen) atoms. The fourth-order valence-corrected chi connectivity index (χ4v) is 4.16. The minimum absolute atomic E-state index is 0.126. The van der Waals surface area contributed by atoms with Gasteiger partial charge in [0.1, 0.15) is 0 Å². The summed E-state index contributed by atoms with van der Waals surface area (Å²) >= 11 is 3.55. The Kier molecular flexibility index (Phi) is 3.99. The van der Waals surface area contributed by atoms with Crippen LogP contribution in [-0.2, 0) is 4.74 Å². The summed E-state index contributed by atoms with van der Waals surface area (Å²) in [7, 11) is 0. The van der Waals surface area contributed by atoms with E-state index in [9.17, 15) is 14.7 Å². The third kappa shape index (κ3) is 2.64. The number of morpholine rings is 1. The number of rotatable bonds is 2. The number of hydrogen-bond acceptors (Lipinski definition) is 5. The summed E-state index contributed by atoms with van der Waals surface area (Å²) in [6, 6.07) is 4.04. The van der Waals surface area contributed by atoms with Crippen molar-refractivity contribution < 1.29 is 19.1 Å². The number of fused-ring (bicyclic) bond motifs is 3. The number of pyridine rings is 1. The number of aryl methyl sites for hydroxylation is 1. The molecule has 0 radical (unpaired) electrons. The normalized spacial score (nSPS) is 20.2. The Morgan fingerprint density at radius 2 is 2.14 bits per heavy atom. The van der Waals surface area contributed by atoms with E-state index in [4.69, 9.17) is 9.15 Å². The van der Waals surface area contributed by atoms with Gasteiger partial charge in [-0.05, 0) is 37.5 Å². The lowest BCUT2D eigenvalue weighted by atomic mass is 10.1. The van der Waals surface area contributed by atoms with E-state index in [0.29, 0.717) is 12.1 Å². The largest absolute Gasteiger partial charge is 0.465 e. The molecule has 0 spiro atoms. The van der Waals surface area contributed by atoms with Gasteiger partial charge in [0.15, 0.2) is 17.2 Å². The Morgan fingerprint density at radius 3 is 2.86 bits per heavy atom. The molecule has 1 aromatic carbocycles. The van der Waals surface area contributed by atoms with E-state index in [-0.39, 0.29) is 36.2 Å². The van der Waals surface area contributed by atoms with Crippen molar-refractivity contribution >= 4 is 44.0 Å². The van der Waals surface area contributed by atoms with Gasteiger partial charge in [-0.3, -0.25) is 4.79 Å². The second kappa shape index (κ2) is 6.31. The Balaban J connectivity index is 1.73. The van der Waals surface area contributed by atoms with Gasteiger partial charge in [-0.25, -0.2) is 9.78 Å². The number of carboxylic acid groups (broad SMARTS) is 1.